The highest BCUT2D eigenvalue weighted by Crippen LogP contribution is 2.22. The van der Waals surface area contributed by atoms with Crippen LogP contribution < -0.4 is 5.32 Å². The van der Waals surface area contributed by atoms with Crippen molar-refractivity contribution in [2.45, 2.75) is 24.9 Å². The highest BCUT2D eigenvalue weighted by Gasteiger charge is 2.38. The van der Waals surface area contributed by atoms with Crippen molar-refractivity contribution >= 4 is 5.97 Å². The zero-order chi connectivity index (χ0) is 10.1. The SMILES string of the molecule is O=C(O)[C@@H]1C[C@@H](OC(F)(F)F)CN1. The van der Waals surface area contributed by atoms with Gasteiger partial charge in [-0.25, -0.2) is 0 Å². The molecule has 7 heteroatoms. The zero-order valence-electron chi connectivity index (χ0n) is 6.47. The maximum atomic E-state index is 11.6. The molecule has 4 nitrogen and oxygen atoms in total. The van der Waals surface area contributed by atoms with Crippen molar-refractivity contribution in [2.24, 2.45) is 0 Å². The van der Waals surface area contributed by atoms with Gasteiger partial charge < -0.3 is 10.4 Å². The molecule has 1 heterocycles. The highest BCUT2D eigenvalue weighted by molar-refractivity contribution is 5.73. The van der Waals surface area contributed by atoms with E-state index in [0.717, 1.165) is 0 Å². The van der Waals surface area contributed by atoms with Gasteiger partial charge >= 0.3 is 12.3 Å². The number of halogens is 3. The fourth-order valence-electron chi connectivity index (χ4n) is 1.17. The Bertz CT molecular complexity index is 206. The fraction of sp³-hybridized carbons (Fsp3) is 0.833. The molecule has 0 aromatic heterocycles. The van der Waals surface area contributed by atoms with Gasteiger partial charge in [0.1, 0.15) is 6.04 Å². The molecule has 1 fully saturated rings. The molecule has 0 spiro atoms. The Kier molecular flexibility index (Phi) is 2.77. The Morgan fingerprint density at radius 3 is 2.54 bits per heavy atom. The van der Waals surface area contributed by atoms with Gasteiger partial charge in [-0.3, -0.25) is 9.53 Å². The second-order valence-corrected chi connectivity index (χ2v) is 2.72. The molecule has 76 valence electrons. The van der Waals surface area contributed by atoms with Crippen molar-refractivity contribution in [3.05, 3.63) is 0 Å². The van der Waals surface area contributed by atoms with E-state index in [1.165, 1.54) is 0 Å². The molecule has 0 radical (unpaired) electrons. The Hall–Kier alpha value is -0.820. The third kappa shape index (κ3) is 3.19. The van der Waals surface area contributed by atoms with E-state index in [2.05, 4.69) is 10.1 Å². The number of hydrogen-bond donors (Lipinski definition) is 2. The minimum absolute atomic E-state index is 0.0868. The maximum absolute atomic E-state index is 11.6. The van der Waals surface area contributed by atoms with Gasteiger partial charge in [-0.1, -0.05) is 0 Å². The molecule has 0 amide bonds. The molecule has 0 aromatic rings. The summed E-state index contributed by atoms with van der Waals surface area (Å²) in [7, 11) is 0. The van der Waals surface area contributed by atoms with Crippen molar-refractivity contribution < 1.29 is 27.8 Å². The average Bonchev–Trinajstić information content (AvgIpc) is 2.31. The Morgan fingerprint density at radius 1 is 1.54 bits per heavy atom. The molecular formula is C6H8F3NO3. The average molecular weight is 199 g/mol. The molecule has 1 aliphatic heterocycles. The van der Waals surface area contributed by atoms with E-state index in [-0.39, 0.29) is 13.0 Å². The molecule has 1 rings (SSSR count). The number of aliphatic carboxylic acids is 1. The van der Waals surface area contributed by atoms with E-state index in [0.29, 0.717) is 0 Å². The Balaban J connectivity index is 2.38. The second kappa shape index (κ2) is 3.51. The van der Waals surface area contributed by atoms with Crippen LogP contribution in [0.15, 0.2) is 0 Å². The minimum Gasteiger partial charge on any atom is -0.480 e. The largest absolute Gasteiger partial charge is 0.522 e. The van der Waals surface area contributed by atoms with E-state index in [9.17, 15) is 18.0 Å². The topological polar surface area (TPSA) is 58.6 Å². The molecule has 0 saturated carbocycles. The van der Waals surface area contributed by atoms with E-state index in [1.807, 2.05) is 0 Å². The first-order chi connectivity index (χ1) is 5.88. The third-order valence-corrected chi connectivity index (χ3v) is 1.69. The smallest absolute Gasteiger partial charge is 0.480 e. The summed E-state index contributed by atoms with van der Waals surface area (Å²) in [6, 6.07) is -0.938. The predicted octanol–water partition coefficient (Wildman–Crippen LogP) is 0.338. The van der Waals surface area contributed by atoms with Crippen LogP contribution in [0.4, 0.5) is 13.2 Å². The standard InChI is InChI=1S/C6H8F3NO3/c7-6(8,9)13-3-1-4(5(11)12)10-2-3/h3-4,10H,1-2H2,(H,11,12)/t3-,4+/m1/s1. The van der Waals surface area contributed by atoms with Crippen LogP contribution in [0, 0.1) is 0 Å². The lowest BCUT2D eigenvalue weighted by Gasteiger charge is -2.12. The molecule has 0 aliphatic carbocycles. The number of rotatable bonds is 2. The normalized spacial score (nSPS) is 29.2. The first-order valence-corrected chi connectivity index (χ1v) is 3.59. The lowest BCUT2D eigenvalue weighted by Crippen LogP contribution is -2.30. The van der Waals surface area contributed by atoms with Crippen LogP contribution in [0.1, 0.15) is 6.42 Å². The molecule has 0 bridgehead atoms. The first-order valence-electron chi connectivity index (χ1n) is 3.59. The van der Waals surface area contributed by atoms with Crippen molar-refractivity contribution in [1.82, 2.24) is 5.32 Å². The number of alkyl halides is 3. The summed E-state index contributed by atoms with van der Waals surface area (Å²) in [5.74, 6) is -1.16. The van der Waals surface area contributed by atoms with Crippen molar-refractivity contribution in [3.63, 3.8) is 0 Å². The van der Waals surface area contributed by atoms with E-state index >= 15 is 0 Å². The molecule has 0 aromatic carbocycles. The summed E-state index contributed by atoms with van der Waals surface area (Å²) in [6.07, 6.45) is -5.95. The summed E-state index contributed by atoms with van der Waals surface area (Å²) >= 11 is 0. The molecule has 2 N–H and O–H groups in total. The lowest BCUT2D eigenvalue weighted by molar-refractivity contribution is -0.340. The monoisotopic (exact) mass is 199 g/mol. The van der Waals surface area contributed by atoms with E-state index in [1.54, 1.807) is 0 Å². The van der Waals surface area contributed by atoms with Gasteiger partial charge in [-0.2, -0.15) is 0 Å². The minimum atomic E-state index is -4.69. The van der Waals surface area contributed by atoms with Crippen LogP contribution in [0.2, 0.25) is 0 Å². The van der Waals surface area contributed by atoms with Gasteiger partial charge in [-0.15, -0.1) is 13.2 Å². The lowest BCUT2D eigenvalue weighted by atomic mass is 10.2. The van der Waals surface area contributed by atoms with Gasteiger partial charge in [-0.05, 0) is 0 Å². The van der Waals surface area contributed by atoms with Crippen molar-refractivity contribution in [2.75, 3.05) is 6.54 Å². The number of carboxylic acids is 1. The summed E-state index contributed by atoms with van der Waals surface area (Å²) < 4.78 is 38.6. The van der Waals surface area contributed by atoms with Crippen molar-refractivity contribution in [1.29, 1.82) is 0 Å². The predicted molar refractivity (Wildman–Crippen MR) is 35.0 cm³/mol. The third-order valence-electron chi connectivity index (χ3n) is 1.69. The molecule has 1 saturated heterocycles. The summed E-state index contributed by atoms with van der Waals surface area (Å²) in [4.78, 5) is 10.3. The second-order valence-electron chi connectivity index (χ2n) is 2.72. The molecule has 0 unspecified atom stereocenters. The fourth-order valence-corrected chi connectivity index (χ4v) is 1.17. The number of carbonyl (C=O) groups is 1. The van der Waals surface area contributed by atoms with Gasteiger partial charge in [0.05, 0.1) is 6.10 Å². The Morgan fingerprint density at radius 2 is 2.15 bits per heavy atom. The van der Waals surface area contributed by atoms with Gasteiger partial charge in [0.25, 0.3) is 0 Å². The van der Waals surface area contributed by atoms with E-state index < -0.39 is 24.5 Å². The van der Waals surface area contributed by atoms with Crippen LogP contribution in [0.3, 0.4) is 0 Å². The van der Waals surface area contributed by atoms with Crippen LogP contribution in [0.25, 0.3) is 0 Å². The van der Waals surface area contributed by atoms with Gasteiger partial charge in [0, 0.05) is 13.0 Å². The number of ether oxygens (including phenoxy) is 1. The van der Waals surface area contributed by atoms with Gasteiger partial charge in [0.15, 0.2) is 0 Å². The molecule has 1 aliphatic rings. The number of carboxylic acid groups (broad SMARTS) is 1. The van der Waals surface area contributed by atoms with E-state index in [4.69, 9.17) is 5.11 Å². The first kappa shape index (κ1) is 10.3. The summed E-state index contributed by atoms with van der Waals surface area (Å²) in [5.41, 5.74) is 0. The number of nitrogens with one attached hydrogen (secondary N) is 1. The van der Waals surface area contributed by atoms with Crippen LogP contribution in [-0.2, 0) is 9.53 Å². The number of hydrogen-bond acceptors (Lipinski definition) is 3. The molecule has 13 heavy (non-hydrogen) atoms. The summed E-state index contributed by atoms with van der Waals surface area (Å²) in [5, 5.41) is 10.8. The maximum Gasteiger partial charge on any atom is 0.522 e. The van der Waals surface area contributed by atoms with Crippen molar-refractivity contribution in [3.8, 4) is 0 Å². The highest BCUT2D eigenvalue weighted by atomic mass is 19.4. The summed E-state index contributed by atoms with van der Waals surface area (Å²) in [6.45, 7) is -0.0868. The van der Waals surface area contributed by atoms with Crippen LogP contribution in [0.5, 0.6) is 0 Å². The Labute approximate surface area is 71.7 Å². The molecule has 2 atom stereocenters. The van der Waals surface area contributed by atoms with Gasteiger partial charge in [0.2, 0.25) is 0 Å². The molecular weight excluding hydrogens is 191 g/mol. The van der Waals surface area contributed by atoms with Crippen LogP contribution in [-0.4, -0.2) is 36.1 Å². The quantitative estimate of drug-likeness (QED) is 0.673. The zero-order valence-corrected chi connectivity index (χ0v) is 6.47. The van der Waals surface area contributed by atoms with Crippen LogP contribution >= 0.6 is 0 Å².